The maximum Gasteiger partial charge on any atom is 0.176 e. The van der Waals surface area contributed by atoms with Crippen molar-refractivity contribution >= 4 is 5.78 Å². The van der Waals surface area contributed by atoms with Crippen molar-refractivity contribution in [3.8, 4) is 0 Å². The maximum absolute atomic E-state index is 13.2. The van der Waals surface area contributed by atoms with Gasteiger partial charge in [-0.25, -0.2) is 8.78 Å². The van der Waals surface area contributed by atoms with Gasteiger partial charge in [-0.15, -0.1) is 0 Å². The second-order valence-electron chi connectivity index (χ2n) is 5.46. The Morgan fingerprint density at radius 1 is 1.30 bits per heavy atom. The molecule has 0 saturated carbocycles. The number of nitrogens with zero attached hydrogens (tertiary/aromatic N) is 1. The molecule has 0 N–H and O–H groups in total. The molecule has 1 aliphatic heterocycles. The zero-order valence-corrected chi connectivity index (χ0v) is 11.9. The van der Waals surface area contributed by atoms with Gasteiger partial charge in [0.15, 0.2) is 17.4 Å². The molecule has 1 aromatic rings. The lowest BCUT2D eigenvalue weighted by atomic mass is 9.97. The number of carbonyl (C=O) groups is 1. The van der Waals surface area contributed by atoms with E-state index in [4.69, 9.17) is 0 Å². The van der Waals surface area contributed by atoms with Crippen molar-refractivity contribution in [2.24, 2.45) is 0 Å². The van der Waals surface area contributed by atoms with Gasteiger partial charge in [0.25, 0.3) is 0 Å². The van der Waals surface area contributed by atoms with E-state index in [9.17, 15) is 13.6 Å². The van der Waals surface area contributed by atoms with Crippen molar-refractivity contribution < 1.29 is 13.6 Å². The highest BCUT2D eigenvalue weighted by atomic mass is 19.2. The first-order chi connectivity index (χ1) is 9.61. The van der Waals surface area contributed by atoms with Gasteiger partial charge in [-0.05, 0) is 44.0 Å². The van der Waals surface area contributed by atoms with Gasteiger partial charge in [-0.3, -0.25) is 9.69 Å². The predicted molar refractivity (Wildman–Crippen MR) is 74.8 cm³/mol. The molecule has 0 aromatic heterocycles. The summed E-state index contributed by atoms with van der Waals surface area (Å²) in [4.78, 5) is 14.4. The van der Waals surface area contributed by atoms with E-state index in [-0.39, 0.29) is 11.3 Å². The van der Waals surface area contributed by atoms with Crippen LogP contribution in [-0.4, -0.2) is 29.8 Å². The molecule has 1 aliphatic rings. The zero-order valence-electron chi connectivity index (χ0n) is 11.9. The Bertz CT molecular complexity index is 474. The van der Waals surface area contributed by atoms with E-state index in [1.54, 1.807) is 0 Å². The Kier molecular flexibility index (Phi) is 5.24. The van der Waals surface area contributed by atoms with E-state index < -0.39 is 11.6 Å². The Morgan fingerprint density at radius 2 is 2.10 bits per heavy atom. The molecule has 0 radical (unpaired) electrons. The second kappa shape index (κ2) is 6.93. The number of hydrogen-bond acceptors (Lipinski definition) is 2. The summed E-state index contributed by atoms with van der Waals surface area (Å²) in [5.41, 5.74) is 0.254. The molecule has 0 spiro atoms. The molecule has 0 aliphatic carbocycles. The van der Waals surface area contributed by atoms with Crippen molar-refractivity contribution in [2.45, 2.75) is 45.1 Å². The van der Waals surface area contributed by atoms with Gasteiger partial charge < -0.3 is 0 Å². The number of halogens is 2. The van der Waals surface area contributed by atoms with Gasteiger partial charge >= 0.3 is 0 Å². The number of Topliss-reactive ketones (excluding diaryl/α,β-unsaturated/α-hetero) is 1. The van der Waals surface area contributed by atoms with Crippen LogP contribution in [0.1, 0.15) is 49.4 Å². The van der Waals surface area contributed by atoms with Crippen molar-refractivity contribution in [2.75, 3.05) is 13.1 Å². The maximum atomic E-state index is 13.2. The highest BCUT2D eigenvalue weighted by Crippen LogP contribution is 2.21. The van der Waals surface area contributed by atoms with Gasteiger partial charge in [0, 0.05) is 11.6 Å². The van der Waals surface area contributed by atoms with Crippen LogP contribution in [0, 0.1) is 11.6 Å². The Hall–Kier alpha value is -1.29. The zero-order chi connectivity index (χ0) is 14.5. The third-order valence-corrected chi connectivity index (χ3v) is 3.96. The SMILES string of the molecule is CCCC1CCCCN1CC(=O)c1ccc(F)c(F)c1. The van der Waals surface area contributed by atoms with Gasteiger partial charge in [0.2, 0.25) is 0 Å². The molecule has 0 amide bonds. The Morgan fingerprint density at radius 3 is 2.80 bits per heavy atom. The highest BCUT2D eigenvalue weighted by Gasteiger charge is 2.24. The number of rotatable bonds is 5. The number of likely N-dealkylation sites (tertiary alicyclic amines) is 1. The molecule has 20 heavy (non-hydrogen) atoms. The predicted octanol–water partition coefficient (Wildman–Crippen LogP) is 3.80. The summed E-state index contributed by atoms with van der Waals surface area (Å²) < 4.78 is 26.1. The number of hydrogen-bond donors (Lipinski definition) is 0. The molecule has 1 saturated heterocycles. The Labute approximate surface area is 118 Å². The molecule has 1 aromatic carbocycles. The van der Waals surface area contributed by atoms with Crippen molar-refractivity contribution in [3.63, 3.8) is 0 Å². The van der Waals surface area contributed by atoms with Crippen LogP contribution in [0.3, 0.4) is 0 Å². The monoisotopic (exact) mass is 281 g/mol. The van der Waals surface area contributed by atoms with Crippen LogP contribution >= 0.6 is 0 Å². The summed E-state index contributed by atoms with van der Waals surface area (Å²) in [5.74, 6) is -2.00. The van der Waals surface area contributed by atoms with Crippen LogP contribution < -0.4 is 0 Å². The smallest absolute Gasteiger partial charge is 0.176 e. The summed E-state index contributed by atoms with van der Waals surface area (Å²) in [7, 11) is 0. The van der Waals surface area contributed by atoms with E-state index in [2.05, 4.69) is 11.8 Å². The van der Waals surface area contributed by atoms with Crippen LogP contribution in [0.4, 0.5) is 8.78 Å². The van der Waals surface area contributed by atoms with Gasteiger partial charge in [-0.1, -0.05) is 19.8 Å². The van der Waals surface area contributed by atoms with E-state index in [1.165, 1.54) is 12.5 Å². The average Bonchev–Trinajstić information content (AvgIpc) is 2.44. The number of benzene rings is 1. The molecule has 2 nitrogen and oxygen atoms in total. The highest BCUT2D eigenvalue weighted by molar-refractivity contribution is 5.97. The molecule has 1 unspecified atom stereocenters. The van der Waals surface area contributed by atoms with Crippen molar-refractivity contribution in [1.29, 1.82) is 0 Å². The first-order valence-electron chi connectivity index (χ1n) is 7.34. The van der Waals surface area contributed by atoms with Crippen molar-refractivity contribution in [3.05, 3.63) is 35.4 Å². The van der Waals surface area contributed by atoms with Crippen molar-refractivity contribution in [1.82, 2.24) is 4.90 Å². The minimum atomic E-state index is -0.959. The fraction of sp³-hybridized carbons (Fsp3) is 0.562. The van der Waals surface area contributed by atoms with Crippen LogP contribution in [0.25, 0.3) is 0 Å². The third kappa shape index (κ3) is 3.63. The largest absolute Gasteiger partial charge is 0.293 e. The minimum absolute atomic E-state index is 0.132. The number of ketones is 1. The average molecular weight is 281 g/mol. The lowest BCUT2D eigenvalue weighted by Gasteiger charge is -2.35. The van der Waals surface area contributed by atoms with Crippen LogP contribution in [0.15, 0.2) is 18.2 Å². The van der Waals surface area contributed by atoms with E-state index in [1.807, 2.05) is 0 Å². The summed E-state index contributed by atoms with van der Waals surface area (Å²) in [6, 6.07) is 3.82. The summed E-state index contributed by atoms with van der Waals surface area (Å²) in [6.07, 6.45) is 5.62. The minimum Gasteiger partial charge on any atom is -0.293 e. The van der Waals surface area contributed by atoms with E-state index >= 15 is 0 Å². The second-order valence-corrected chi connectivity index (χ2v) is 5.46. The third-order valence-electron chi connectivity index (χ3n) is 3.96. The first-order valence-corrected chi connectivity index (χ1v) is 7.34. The molecule has 2 rings (SSSR count). The summed E-state index contributed by atoms with van der Waals surface area (Å²) in [6.45, 7) is 3.36. The topological polar surface area (TPSA) is 20.3 Å². The van der Waals surface area contributed by atoms with Crippen LogP contribution in [0.5, 0.6) is 0 Å². The lowest BCUT2D eigenvalue weighted by molar-refractivity contribution is 0.0830. The molecule has 1 fully saturated rings. The molecule has 110 valence electrons. The number of carbonyl (C=O) groups excluding carboxylic acids is 1. The molecule has 0 bridgehead atoms. The fourth-order valence-electron chi connectivity index (χ4n) is 2.87. The molecule has 1 atom stereocenters. The molecular formula is C16H21F2NO. The standard InChI is InChI=1S/C16H21F2NO/c1-2-5-13-6-3-4-9-19(13)11-16(20)12-7-8-14(17)15(18)10-12/h7-8,10,13H,2-6,9,11H2,1H3. The van der Waals surface area contributed by atoms with E-state index in [0.29, 0.717) is 12.6 Å². The number of piperidine rings is 1. The van der Waals surface area contributed by atoms with Crippen LogP contribution in [-0.2, 0) is 0 Å². The normalized spacial score (nSPS) is 20.1. The quantitative estimate of drug-likeness (QED) is 0.765. The Balaban J connectivity index is 2.03. The van der Waals surface area contributed by atoms with Crippen LogP contribution in [0.2, 0.25) is 0 Å². The van der Waals surface area contributed by atoms with E-state index in [0.717, 1.165) is 44.4 Å². The molecule has 1 heterocycles. The molecule has 4 heteroatoms. The lowest BCUT2D eigenvalue weighted by Crippen LogP contribution is -2.42. The fourth-order valence-corrected chi connectivity index (χ4v) is 2.87. The molecular weight excluding hydrogens is 260 g/mol. The summed E-state index contributed by atoms with van der Waals surface area (Å²) in [5, 5.41) is 0. The first kappa shape index (κ1) is 15.1. The van der Waals surface area contributed by atoms with Gasteiger partial charge in [0.1, 0.15) is 0 Å². The summed E-state index contributed by atoms with van der Waals surface area (Å²) >= 11 is 0. The van der Waals surface area contributed by atoms with Gasteiger partial charge in [0.05, 0.1) is 6.54 Å². The van der Waals surface area contributed by atoms with Gasteiger partial charge in [-0.2, -0.15) is 0 Å².